The second-order valence-corrected chi connectivity index (χ2v) is 4.90. The van der Waals surface area contributed by atoms with Gasteiger partial charge >= 0.3 is 5.97 Å². The van der Waals surface area contributed by atoms with Crippen molar-refractivity contribution in [3.05, 3.63) is 30.3 Å². The molecular weight excluding hydrogens is 223 g/mol. The Morgan fingerprint density at radius 1 is 1.36 bits per heavy atom. The first-order chi connectivity index (χ1) is 6.47. The van der Waals surface area contributed by atoms with Crippen LogP contribution in [0.5, 0.6) is 5.75 Å². The van der Waals surface area contributed by atoms with Crippen LogP contribution in [0.4, 0.5) is 0 Å². The molecule has 76 valence electrons. The Kier molecular flexibility index (Phi) is 3.78. The van der Waals surface area contributed by atoms with E-state index >= 15 is 0 Å². The molecule has 1 aromatic carbocycles. The van der Waals surface area contributed by atoms with E-state index in [-0.39, 0.29) is 6.42 Å². The van der Waals surface area contributed by atoms with Gasteiger partial charge in [0.25, 0.3) is 0 Å². The lowest BCUT2D eigenvalue weighted by Crippen LogP contribution is -2.18. The van der Waals surface area contributed by atoms with Crippen molar-refractivity contribution in [1.82, 2.24) is 0 Å². The molecule has 0 aliphatic carbocycles. The predicted octanol–water partition coefficient (Wildman–Crippen LogP) is 3.18. The molecule has 0 saturated carbocycles. The fourth-order valence-corrected chi connectivity index (χ4v) is 1.13. The molecule has 0 amide bonds. The van der Waals surface area contributed by atoms with Crippen molar-refractivity contribution in [1.29, 1.82) is 0 Å². The quantitative estimate of drug-likeness (QED) is 0.455. The third kappa shape index (κ3) is 4.49. The van der Waals surface area contributed by atoms with E-state index in [0.717, 1.165) is 0 Å². The molecule has 0 N–H and O–H groups in total. The molecule has 0 radical (unpaired) electrons. The van der Waals surface area contributed by atoms with Crippen molar-refractivity contribution in [2.75, 3.05) is 0 Å². The third-order valence-electron chi connectivity index (χ3n) is 1.43. The highest BCUT2D eigenvalue weighted by molar-refractivity contribution is 6.48. The molecule has 2 nitrogen and oxygen atoms in total. The van der Waals surface area contributed by atoms with E-state index in [1.807, 2.05) is 6.07 Å². The summed E-state index contributed by atoms with van der Waals surface area (Å²) in [4.78, 5) is 11.2. The maximum Gasteiger partial charge on any atom is 0.314 e. The molecule has 0 aliphatic rings. The molecule has 0 aliphatic heterocycles. The lowest BCUT2D eigenvalue weighted by molar-refractivity contribution is -0.134. The van der Waals surface area contributed by atoms with E-state index in [1.54, 1.807) is 31.2 Å². The predicted molar refractivity (Wildman–Crippen MR) is 56.8 cm³/mol. The Hall–Kier alpha value is -0.730. The smallest absolute Gasteiger partial charge is 0.314 e. The van der Waals surface area contributed by atoms with Gasteiger partial charge in [-0.2, -0.15) is 0 Å². The number of carbonyl (C=O) groups excluding carboxylic acids is 1. The minimum atomic E-state index is -1.08. The molecule has 4 heteroatoms. The highest BCUT2D eigenvalue weighted by Crippen LogP contribution is 2.24. The van der Waals surface area contributed by atoms with E-state index in [0.29, 0.717) is 5.75 Å². The number of halogens is 2. The first-order valence-corrected chi connectivity index (χ1v) is 4.86. The van der Waals surface area contributed by atoms with E-state index in [9.17, 15) is 4.79 Å². The Morgan fingerprint density at radius 2 is 1.93 bits per heavy atom. The molecule has 0 heterocycles. The summed E-state index contributed by atoms with van der Waals surface area (Å²) in [6, 6.07) is 8.78. The van der Waals surface area contributed by atoms with E-state index in [4.69, 9.17) is 27.9 Å². The number of alkyl halides is 2. The number of para-hydroxylation sites is 1. The molecule has 1 aromatic rings. The van der Waals surface area contributed by atoms with Crippen molar-refractivity contribution in [3.63, 3.8) is 0 Å². The largest absolute Gasteiger partial charge is 0.426 e. The molecule has 0 atom stereocenters. The monoisotopic (exact) mass is 232 g/mol. The summed E-state index contributed by atoms with van der Waals surface area (Å²) < 4.78 is 3.91. The zero-order valence-corrected chi connectivity index (χ0v) is 9.18. The van der Waals surface area contributed by atoms with Gasteiger partial charge in [0.1, 0.15) is 10.1 Å². The number of hydrogen-bond acceptors (Lipinski definition) is 2. The van der Waals surface area contributed by atoms with Crippen molar-refractivity contribution >= 4 is 29.2 Å². The van der Waals surface area contributed by atoms with Gasteiger partial charge in [0.05, 0.1) is 6.42 Å². The average Bonchev–Trinajstić information content (AvgIpc) is 2.02. The minimum Gasteiger partial charge on any atom is -0.426 e. The van der Waals surface area contributed by atoms with Gasteiger partial charge in [-0.3, -0.25) is 4.79 Å². The highest BCUT2D eigenvalue weighted by atomic mass is 35.5. The molecule has 0 aromatic heterocycles. The fourth-order valence-electron chi connectivity index (χ4n) is 0.910. The first kappa shape index (κ1) is 11.3. The summed E-state index contributed by atoms with van der Waals surface area (Å²) >= 11 is 11.3. The molecule has 0 fully saturated rings. The van der Waals surface area contributed by atoms with Crippen molar-refractivity contribution < 1.29 is 9.53 Å². The molecule has 0 bridgehead atoms. The Morgan fingerprint density at radius 3 is 2.43 bits per heavy atom. The maximum absolute atomic E-state index is 11.2. The van der Waals surface area contributed by atoms with Crippen LogP contribution >= 0.6 is 23.2 Å². The molecule has 0 unspecified atom stereocenters. The number of ether oxygens (including phenoxy) is 1. The summed E-state index contributed by atoms with van der Waals surface area (Å²) in [6.45, 7) is 1.54. The Labute approximate surface area is 92.8 Å². The van der Waals surface area contributed by atoms with Gasteiger partial charge in [0.2, 0.25) is 0 Å². The molecule has 0 saturated heterocycles. The lowest BCUT2D eigenvalue weighted by Gasteiger charge is -2.11. The van der Waals surface area contributed by atoms with E-state index in [2.05, 4.69) is 0 Å². The molecule has 0 spiro atoms. The number of hydrogen-bond donors (Lipinski definition) is 0. The van der Waals surface area contributed by atoms with Crippen LogP contribution in [0.1, 0.15) is 13.3 Å². The van der Waals surface area contributed by atoms with Crippen LogP contribution in [0.2, 0.25) is 0 Å². The van der Waals surface area contributed by atoms with Crippen LogP contribution in [0.15, 0.2) is 30.3 Å². The summed E-state index contributed by atoms with van der Waals surface area (Å²) in [6.07, 6.45) is -0.0367. The fraction of sp³-hybridized carbons (Fsp3) is 0.300. The van der Waals surface area contributed by atoms with Gasteiger partial charge in [0.15, 0.2) is 0 Å². The number of carbonyl (C=O) groups is 1. The molecule has 1 rings (SSSR count). The third-order valence-corrected chi connectivity index (χ3v) is 1.70. The van der Waals surface area contributed by atoms with Crippen LogP contribution in [-0.4, -0.2) is 10.3 Å². The van der Waals surface area contributed by atoms with Crippen LogP contribution in [-0.2, 0) is 4.79 Å². The van der Waals surface area contributed by atoms with Gasteiger partial charge in [-0.15, -0.1) is 23.2 Å². The lowest BCUT2D eigenvalue weighted by atomic mass is 10.3. The average molecular weight is 233 g/mol. The standard InChI is InChI=1S/C10H10Cl2O2/c1-10(11,12)7-9(13)14-8-5-3-2-4-6-8/h2-6H,7H2,1H3. The van der Waals surface area contributed by atoms with Crippen LogP contribution < -0.4 is 4.74 Å². The second kappa shape index (κ2) is 4.67. The van der Waals surface area contributed by atoms with Gasteiger partial charge in [0, 0.05) is 0 Å². The molecular formula is C10H10Cl2O2. The maximum atomic E-state index is 11.2. The van der Waals surface area contributed by atoms with Gasteiger partial charge < -0.3 is 4.74 Å². The first-order valence-electron chi connectivity index (χ1n) is 4.11. The normalized spacial score (nSPS) is 11.1. The highest BCUT2D eigenvalue weighted by Gasteiger charge is 2.22. The molecule has 14 heavy (non-hydrogen) atoms. The van der Waals surface area contributed by atoms with Gasteiger partial charge in [-0.1, -0.05) is 18.2 Å². The summed E-state index contributed by atoms with van der Waals surface area (Å²) in [5.74, 6) is 0.0544. The summed E-state index contributed by atoms with van der Waals surface area (Å²) in [7, 11) is 0. The zero-order chi connectivity index (χ0) is 10.6. The van der Waals surface area contributed by atoms with Crippen molar-refractivity contribution in [2.45, 2.75) is 17.7 Å². The topological polar surface area (TPSA) is 26.3 Å². The number of benzene rings is 1. The van der Waals surface area contributed by atoms with Crippen LogP contribution in [0, 0.1) is 0 Å². The van der Waals surface area contributed by atoms with Crippen LogP contribution in [0.3, 0.4) is 0 Å². The second-order valence-electron chi connectivity index (χ2n) is 3.03. The Balaban J connectivity index is 2.50. The van der Waals surface area contributed by atoms with Crippen LogP contribution in [0.25, 0.3) is 0 Å². The number of rotatable bonds is 3. The minimum absolute atomic E-state index is 0.0367. The van der Waals surface area contributed by atoms with Gasteiger partial charge in [-0.05, 0) is 19.1 Å². The van der Waals surface area contributed by atoms with Crippen molar-refractivity contribution in [2.24, 2.45) is 0 Å². The van der Waals surface area contributed by atoms with Gasteiger partial charge in [-0.25, -0.2) is 0 Å². The SMILES string of the molecule is CC(Cl)(Cl)CC(=O)Oc1ccccc1. The Bertz CT molecular complexity index is 304. The van der Waals surface area contributed by atoms with E-state index < -0.39 is 10.3 Å². The summed E-state index contributed by atoms with van der Waals surface area (Å²) in [5, 5.41) is 0. The summed E-state index contributed by atoms with van der Waals surface area (Å²) in [5.41, 5.74) is 0. The van der Waals surface area contributed by atoms with E-state index in [1.165, 1.54) is 0 Å². The zero-order valence-electron chi connectivity index (χ0n) is 7.67. The van der Waals surface area contributed by atoms with Crippen molar-refractivity contribution in [3.8, 4) is 5.75 Å². The number of esters is 1.